The topological polar surface area (TPSA) is 69.4 Å². The van der Waals surface area contributed by atoms with Gasteiger partial charge >= 0.3 is 0 Å². The predicted octanol–water partition coefficient (Wildman–Crippen LogP) is 4.20. The molecule has 0 fully saturated rings. The van der Waals surface area contributed by atoms with Crippen molar-refractivity contribution in [3.05, 3.63) is 55.4 Å². The van der Waals surface area contributed by atoms with Gasteiger partial charge in [0.05, 0.1) is 13.8 Å². The van der Waals surface area contributed by atoms with Crippen molar-refractivity contribution in [2.75, 3.05) is 0 Å². The summed E-state index contributed by atoms with van der Waals surface area (Å²) in [5.41, 5.74) is 0.985. The lowest BCUT2D eigenvalue weighted by Gasteiger charge is -2.12. The van der Waals surface area contributed by atoms with Crippen LogP contribution in [0.3, 0.4) is 0 Å². The van der Waals surface area contributed by atoms with Gasteiger partial charge in [0.1, 0.15) is 12.4 Å². The summed E-state index contributed by atoms with van der Waals surface area (Å²) < 4.78 is 30.4. The highest BCUT2D eigenvalue weighted by Gasteiger charge is 2.15. The Bertz CT molecular complexity index is 755. The standard InChI is InChI=1S/C13H10Br3NO3S/c14-9-3-1-2-8(4-9)7-20-13-11(15)5-10(6-12(13)16)21(17,18)19/h1-6H,7H2,(H2,17,18,19). The van der Waals surface area contributed by atoms with Gasteiger partial charge in [0.25, 0.3) is 0 Å². The average Bonchev–Trinajstić information content (AvgIpc) is 2.36. The van der Waals surface area contributed by atoms with Gasteiger partial charge in [-0.25, -0.2) is 13.6 Å². The molecule has 0 aromatic heterocycles. The zero-order valence-electron chi connectivity index (χ0n) is 10.5. The molecule has 2 aromatic carbocycles. The van der Waals surface area contributed by atoms with Gasteiger partial charge in [-0.1, -0.05) is 28.1 Å². The van der Waals surface area contributed by atoms with Crippen molar-refractivity contribution in [2.45, 2.75) is 11.5 Å². The first-order chi connectivity index (χ1) is 9.77. The van der Waals surface area contributed by atoms with Crippen LogP contribution in [0.1, 0.15) is 5.56 Å². The summed E-state index contributed by atoms with van der Waals surface area (Å²) in [6, 6.07) is 10.5. The van der Waals surface area contributed by atoms with Crippen LogP contribution in [0.15, 0.2) is 54.7 Å². The summed E-state index contributed by atoms with van der Waals surface area (Å²) in [7, 11) is -3.76. The lowest BCUT2D eigenvalue weighted by molar-refractivity contribution is 0.302. The van der Waals surface area contributed by atoms with Crippen LogP contribution in [0.4, 0.5) is 0 Å². The molecule has 2 aromatic rings. The molecule has 0 heterocycles. The minimum Gasteiger partial charge on any atom is -0.487 e. The lowest BCUT2D eigenvalue weighted by Crippen LogP contribution is -2.12. The zero-order chi connectivity index (χ0) is 15.6. The third-order valence-corrected chi connectivity index (χ3v) is 5.14. The average molecular weight is 500 g/mol. The zero-order valence-corrected chi connectivity index (χ0v) is 16.1. The van der Waals surface area contributed by atoms with Crippen molar-refractivity contribution in [2.24, 2.45) is 5.14 Å². The summed E-state index contributed by atoms with van der Waals surface area (Å²) in [4.78, 5) is 0.0102. The molecule has 0 aliphatic rings. The Morgan fingerprint density at radius 2 is 1.67 bits per heavy atom. The molecular formula is C13H10Br3NO3S. The highest BCUT2D eigenvalue weighted by Crippen LogP contribution is 2.36. The van der Waals surface area contributed by atoms with Gasteiger partial charge in [-0.15, -0.1) is 0 Å². The second-order valence-corrected chi connectivity index (χ2v) is 8.37. The molecular weight excluding hydrogens is 490 g/mol. The first-order valence-corrected chi connectivity index (χ1v) is 9.59. The first kappa shape index (κ1) is 17.0. The van der Waals surface area contributed by atoms with E-state index in [1.165, 1.54) is 12.1 Å². The summed E-state index contributed by atoms with van der Waals surface area (Å²) >= 11 is 9.98. The molecule has 2 rings (SSSR count). The van der Waals surface area contributed by atoms with E-state index in [-0.39, 0.29) is 4.90 Å². The highest BCUT2D eigenvalue weighted by atomic mass is 79.9. The Morgan fingerprint density at radius 3 is 2.19 bits per heavy atom. The van der Waals surface area contributed by atoms with Crippen molar-refractivity contribution >= 4 is 57.8 Å². The molecule has 0 spiro atoms. The maximum Gasteiger partial charge on any atom is 0.238 e. The minimum atomic E-state index is -3.76. The fourth-order valence-corrected chi connectivity index (χ4v) is 4.35. The number of rotatable bonds is 4. The van der Waals surface area contributed by atoms with Crippen LogP contribution >= 0.6 is 47.8 Å². The number of hydrogen-bond acceptors (Lipinski definition) is 3. The third-order valence-electron chi connectivity index (χ3n) is 2.57. The Balaban J connectivity index is 2.25. The van der Waals surface area contributed by atoms with E-state index in [4.69, 9.17) is 9.88 Å². The number of benzene rings is 2. The molecule has 21 heavy (non-hydrogen) atoms. The summed E-state index contributed by atoms with van der Waals surface area (Å²) in [6.07, 6.45) is 0. The number of halogens is 3. The van der Waals surface area contributed by atoms with Crippen molar-refractivity contribution in [3.8, 4) is 5.75 Å². The van der Waals surface area contributed by atoms with Crippen molar-refractivity contribution in [1.29, 1.82) is 0 Å². The lowest BCUT2D eigenvalue weighted by atomic mass is 10.2. The second-order valence-electron chi connectivity index (χ2n) is 4.18. The van der Waals surface area contributed by atoms with Crippen LogP contribution in [-0.2, 0) is 16.6 Å². The predicted molar refractivity (Wildman–Crippen MR) is 91.7 cm³/mol. The summed E-state index contributed by atoms with van der Waals surface area (Å²) in [5.74, 6) is 0.516. The molecule has 0 saturated heterocycles. The Kier molecular flexibility index (Phi) is 5.48. The molecule has 0 aliphatic carbocycles. The summed E-state index contributed by atoms with van der Waals surface area (Å²) in [6.45, 7) is 0.353. The molecule has 0 unspecified atom stereocenters. The fraction of sp³-hybridized carbons (Fsp3) is 0.0769. The molecule has 0 radical (unpaired) electrons. The molecule has 0 atom stereocenters. The number of sulfonamides is 1. The van der Waals surface area contributed by atoms with Gasteiger partial charge in [0.15, 0.2) is 0 Å². The van der Waals surface area contributed by atoms with E-state index in [0.29, 0.717) is 21.3 Å². The molecule has 112 valence electrons. The van der Waals surface area contributed by atoms with Gasteiger partial charge in [-0.3, -0.25) is 0 Å². The van der Waals surface area contributed by atoms with Crippen LogP contribution in [0, 0.1) is 0 Å². The molecule has 0 saturated carbocycles. The van der Waals surface area contributed by atoms with Gasteiger partial charge in [-0.05, 0) is 61.7 Å². The van der Waals surface area contributed by atoms with Gasteiger partial charge in [-0.2, -0.15) is 0 Å². The molecule has 4 nitrogen and oxygen atoms in total. The van der Waals surface area contributed by atoms with Gasteiger partial charge in [0.2, 0.25) is 10.0 Å². The quantitative estimate of drug-likeness (QED) is 0.685. The van der Waals surface area contributed by atoms with E-state index in [2.05, 4.69) is 47.8 Å². The maximum atomic E-state index is 11.4. The SMILES string of the molecule is NS(=O)(=O)c1cc(Br)c(OCc2cccc(Br)c2)c(Br)c1. The normalized spacial score (nSPS) is 11.4. The number of ether oxygens (including phenoxy) is 1. The smallest absolute Gasteiger partial charge is 0.238 e. The van der Waals surface area contributed by atoms with Gasteiger partial charge in [0, 0.05) is 4.47 Å². The number of hydrogen-bond donors (Lipinski definition) is 1. The van der Waals surface area contributed by atoms with Crippen LogP contribution in [0.5, 0.6) is 5.75 Å². The molecule has 8 heteroatoms. The van der Waals surface area contributed by atoms with E-state index < -0.39 is 10.0 Å². The second kappa shape index (κ2) is 6.78. The van der Waals surface area contributed by atoms with E-state index in [9.17, 15) is 8.42 Å². The molecule has 0 bridgehead atoms. The molecule has 2 N–H and O–H groups in total. The van der Waals surface area contributed by atoms with Crippen LogP contribution in [0.25, 0.3) is 0 Å². The van der Waals surface area contributed by atoms with Crippen molar-refractivity contribution < 1.29 is 13.2 Å². The summed E-state index contributed by atoms with van der Waals surface area (Å²) in [5, 5.41) is 5.11. The molecule has 0 aliphatic heterocycles. The first-order valence-electron chi connectivity index (χ1n) is 5.66. The third kappa shape index (κ3) is 4.53. The Hall–Kier alpha value is -0.410. The van der Waals surface area contributed by atoms with Gasteiger partial charge < -0.3 is 4.74 Å². The van der Waals surface area contributed by atoms with Crippen molar-refractivity contribution in [1.82, 2.24) is 0 Å². The van der Waals surface area contributed by atoms with Crippen molar-refractivity contribution in [3.63, 3.8) is 0 Å². The largest absolute Gasteiger partial charge is 0.487 e. The fourth-order valence-electron chi connectivity index (χ4n) is 1.62. The molecule has 0 amide bonds. The Morgan fingerprint density at radius 1 is 1.05 bits per heavy atom. The van der Waals surface area contributed by atoms with E-state index in [0.717, 1.165) is 10.0 Å². The van der Waals surface area contributed by atoms with Crippen LogP contribution in [0.2, 0.25) is 0 Å². The van der Waals surface area contributed by atoms with E-state index in [1.54, 1.807) is 0 Å². The van der Waals surface area contributed by atoms with Crippen LogP contribution < -0.4 is 9.88 Å². The number of primary sulfonamides is 1. The highest BCUT2D eigenvalue weighted by molar-refractivity contribution is 9.11. The Labute approximate surface area is 148 Å². The van der Waals surface area contributed by atoms with Crippen LogP contribution in [-0.4, -0.2) is 8.42 Å². The van der Waals surface area contributed by atoms with E-state index >= 15 is 0 Å². The van der Waals surface area contributed by atoms with E-state index in [1.807, 2.05) is 24.3 Å². The monoisotopic (exact) mass is 497 g/mol. The minimum absolute atomic E-state index is 0.0102. The maximum absolute atomic E-state index is 11.4. The number of nitrogens with two attached hydrogens (primary N) is 1.